The van der Waals surface area contributed by atoms with E-state index in [0.717, 1.165) is 133 Å². The van der Waals surface area contributed by atoms with Crippen LogP contribution in [-0.2, 0) is 65.4 Å². The Balaban J connectivity index is 5.28. The summed E-state index contributed by atoms with van der Waals surface area (Å²) in [6.07, 6.45) is 57.6. The van der Waals surface area contributed by atoms with Gasteiger partial charge in [0.05, 0.1) is 26.4 Å². The molecular weight excluding hydrogens is 1270 g/mol. The van der Waals surface area contributed by atoms with Crippen LogP contribution in [0.4, 0.5) is 0 Å². The molecule has 4 unspecified atom stereocenters. The lowest BCUT2D eigenvalue weighted by atomic mass is 9.99. The van der Waals surface area contributed by atoms with Crippen molar-refractivity contribution in [3.63, 3.8) is 0 Å². The molecule has 7 atom stereocenters. The van der Waals surface area contributed by atoms with E-state index < -0.39 is 97.5 Å². The second kappa shape index (κ2) is 68.0. The first-order chi connectivity index (χ1) is 46.8. The van der Waals surface area contributed by atoms with Crippen LogP contribution in [0.25, 0.3) is 0 Å². The van der Waals surface area contributed by atoms with Gasteiger partial charge in [0.1, 0.15) is 19.3 Å². The summed E-state index contributed by atoms with van der Waals surface area (Å²) in [5, 5.41) is 10.6. The Labute approximate surface area is 592 Å². The molecule has 0 aliphatic rings. The molecule has 0 heterocycles. The fraction of sp³-hybridized carbons (Fsp3) is 0.897. The molecule has 0 saturated heterocycles. The zero-order valence-electron chi connectivity index (χ0n) is 63.0. The average molecular weight is 1420 g/mol. The van der Waals surface area contributed by atoms with Gasteiger partial charge in [0.15, 0.2) is 12.2 Å². The highest BCUT2D eigenvalue weighted by Gasteiger charge is 2.30. The van der Waals surface area contributed by atoms with Crippen molar-refractivity contribution in [2.24, 2.45) is 17.8 Å². The fourth-order valence-electron chi connectivity index (χ4n) is 11.4. The molecule has 0 spiro atoms. The first kappa shape index (κ1) is 94.5. The molecule has 0 radical (unpaired) electrons. The molecule has 0 bridgehead atoms. The molecule has 17 nitrogen and oxygen atoms in total. The number of esters is 4. The van der Waals surface area contributed by atoms with Crippen LogP contribution in [0.1, 0.15) is 376 Å². The Kier molecular flexibility index (Phi) is 66.3. The van der Waals surface area contributed by atoms with Gasteiger partial charge < -0.3 is 33.8 Å². The molecule has 0 saturated carbocycles. The third-order valence-electron chi connectivity index (χ3n) is 18.2. The van der Waals surface area contributed by atoms with E-state index in [-0.39, 0.29) is 25.7 Å². The van der Waals surface area contributed by atoms with Gasteiger partial charge in [0.25, 0.3) is 0 Å². The number of carbonyl (C=O) groups is 4. The van der Waals surface area contributed by atoms with Gasteiger partial charge in [-0.25, -0.2) is 9.13 Å². The van der Waals surface area contributed by atoms with Crippen LogP contribution >= 0.6 is 15.6 Å². The molecule has 3 N–H and O–H groups in total. The summed E-state index contributed by atoms with van der Waals surface area (Å²) in [5.74, 6) is 0.190. The number of phosphoric acid groups is 2. The molecule has 0 rings (SSSR count). The van der Waals surface area contributed by atoms with Crippen LogP contribution in [-0.4, -0.2) is 96.7 Å². The molecule has 0 aromatic carbocycles. The molecule has 0 aliphatic carbocycles. The molecule has 572 valence electrons. The highest BCUT2D eigenvalue weighted by molar-refractivity contribution is 7.47. The van der Waals surface area contributed by atoms with E-state index in [1.807, 2.05) is 0 Å². The van der Waals surface area contributed by atoms with Crippen molar-refractivity contribution in [1.82, 2.24) is 0 Å². The fourth-order valence-corrected chi connectivity index (χ4v) is 12.9. The number of rotatable bonds is 74. The molecule has 0 aromatic rings. The molecule has 0 amide bonds. The Hall–Kier alpha value is -2.46. The monoisotopic (exact) mass is 1420 g/mol. The third kappa shape index (κ3) is 69.1. The molecule has 0 fully saturated rings. The maximum Gasteiger partial charge on any atom is 0.472 e. The van der Waals surface area contributed by atoms with Gasteiger partial charge in [-0.2, -0.15) is 0 Å². The summed E-state index contributed by atoms with van der Waals surface area (Å²) in [6, 6.07) is 0. The minimum atomic E-state index is -4.97. The standard InChI is InChI=1S/C78H148O17P2/c1-8-11-12-13-14-15-16-17-18-22-27-32-37-45-52-59-75(80)88-65-73(94-78(83)62-55-48-39-34-29-24-25-30-35-42-49-56-69(4)5)67-92-96(84,85)90-63-72(79)64-91-97(86,87)93-68-74(66-89-76(81)60-53-46-41-40-44-51-58-71(7)10-3)95-77(82)61-54-47-38-33-28-23-20-19-21-26-31-36-43-50-57-70(6)9-2/h15-18,69-74,79H,8-14,19-68H2,1-7H3,(H,84,85)(H,86,87)/b16-15-,18-17-/t70?,71?,72-,73-,74-/m1/s1. The Morgan fingerprint density at radius 2 is 0.608 bits per heavy atom. The van der Waals surface area contributed by atoms with Gasteiger partial charge in [0.2, 0.25) is 0 Å². The average Bonchev–Trinajstić information content (AvgIpc) is 1.70. The maximum absolute atomic E-state index is 13.1. The van der Waals surface area contributed by atoms with Gasteiger partial charge in [-0.15, -0.1) is 0 Å². The normalized spacial score (nSPS) is 14.8. The lowest BCUT2D eigenvalue weighted by Gasteiger charge is -2.21. The number of unbranched alkanes of at least 4 members (excludes halogenated alkanes) is 37. The van der Waals surface area contributed by atoms with E-state index in [9.17, 15) is 43.2 Å². The van der Waals surface area contributed by atoms with Crippen molar-refractivity contribution in [2.45, 2.75) is 394 Å². The number of aliphatic hydroxyl groups excluding tert-OH is 1. The van der Waals surface area contributed by atoms with Crippen LogP contribution in [0.15, 0.2) is 24.3 Å². The van der Waals surface area contributed by atoms with Crippen molar-refractivity contribution >= 4 is 39.5 Å². The molecular formula is C78H148O17P2. The third-order valence-corrected chi connectivity index (χ3v) is 20.1. The number of carbonyl (C=O) groups excluding carboxylic acids is 4. The summed E-state index contributed by atoms with van der Waals surface area (Å²) in [4.78, 5) is 72.9. The van der Waals surface area contributed by atoms with Crippen LogP contribution in [0.5, 0.6) is 0 Å². The van der Waals surface area contributed by atoms with Gasteiger partial charge in [-0.05, 0) is 69.1 Å². The zero-order valence-corrected chi connectivity index (χ0v) is 64.8. The quantitative estimate of drug-likeness (QED) is 0.0169. The summed E-state index contributed by atoms with van der Waals surface area (Å²) >= 11 is 0. The zero-order chi connectivity index (χ0) is 71.6. The van der Waals surface area contributed by atoms with Gasteiger partial charge >= 0.3 is 39.5 Å². The van der Waals surface area contributed by atoms with Gasteiger partial charge in [0, 0.05) is 25.7 Å². The van der Waals surface area contributed by atoms with Crippen molar-refractivity contribution in [1.29, 1.82) is 0 Å². The number of aliphatic hydroxyl groups is 1. The summed E-state index contributed by atoms with van der Waals surface area (Å²) in [5.41, 5.74) is 0. The number of hydrogen-bond acceptors (Lipinski definition) is 15. The summed E-state index contributed by atoms with van der Waals surface area (Å²) in [7, 11) is -9.93. The van der Waals surface area contributed by atoms with E-state index in [2.05, 4.69) is 72.8 Å². The Morgan fingerprint density at radius 1 is 0.340 bits per heavy atom. The minimum absolute atomic E-state index is 0.0992. The highest BCUT2D eigenvalue weighted by atomic mass is 31.2. The number of phosphoric ester groups is 2. The minimum Gasteiger partial charge on any atom is -0.462 e. The topological polar surface area (TPSA) is 237 Å². The number of ether oxygens (including phenoxy) is 4. The van der Waals surface area contributed by atoms with E-state index in [1.165, 1.54) is 161 Å². The first-order valence-electron chi connectivity index (χ1n) is 39.7. The lowest BCUT2D eigenvalue weighted by Crippen LogP contribution is -2.30. The van der Waals surface area contributed by atoms with E-state index in [1.54, 1.807) is 0 Å². The Bertz CT molecular complexity index is 1990. The smallest absolute Gasteiger partial charge is 0.462 e. The van der Waals surface area contributed by atoms with Crippen molar-refractivity contribution in [3.05, 3.63) is 24.3 Å². The molecule has 97 heavy (non-hydrogen) atoms. The molecule has 19 heteroatoms. The van der Waals surface area contributed by atoms with Gasteiger partial charge in [-0.3, -0.25) is 37.3 Å². The van der Waals surface area contributed by atoms with Crippen molar-refractivity contribution in [3.8, 4) is 0 Å². The van der Waals surface area contributed by atoms with E-state index >= 15 is 0 Å². The predicted octanol–water partition coefficient (Wildman–Crippen LogP) is 22.5. The maximum atomic E-state index is 13.1. The van der Waals surface area contributed by atoms with Gasteiger partial charge in [-0.1, -0.05) is 323 Å². The van der Waals surface area contributed by atoms with E-state index in [0.29, 0.717) is 25.7 Å². The van der Waals surface area contributed by atoms with Crippen molar-refractivity contribution < 1.29 is 80.2 Å². The number of allylic oxidation sites excluding steroid dienone is 4. The summed E-state index contributed by atoms with van der Waals surface area (Å²) < 4.78 is 68.6. The molecule has 0 aromatic heterocycles. The number of hydrogen-bond donors (Lipinski definition) is 3. The SMILES string of the molecule is CCCCCC/C=C\C=C/CCCCCCCC(=O)OC[C@H](COP(=O)(O)OC[C@@H](O)COP(=O)(O)OC[C@@H](COC(=O)CCCCCCCCC(C)CC)OC(=O)CCCCCCCCCCCCCCCCC(C)CC)OC(=O)CCCCCCCCCCCCCC(C)C. The van der Waals surface area contributed by atoms with Crippen LogP contribution < -0.4 is 0 Å². The second-order valence-corrected chi connectivity index (χ2v) is 31.3. The highest BCUT2D eigenvalue weighted by Crippen LogP contribution is 2.45. The molecule has 0 aliphatic heterocycles. The first-order valence-corrected chi connectivity index (χ1v) is 42.7. The van der Waals surface area contributed by atoms with E-state index in [4.69, 9.17) is 37.0 Å². The summed E-state index contributed by atoms with van der Waals surface area (Å²) in [6.45, 7) is 11.9. The largest absolute Gasteiger partial charge is 0.472 e. The van der Waals surface area contributed by atoms with Crippen molar-refractivity contribution in [2.75, 3.05) is 39.6 Å². The van der Waals surface area contributed by atoms with Crippen LogP contribution in [0, 0.1) is 17.8 Å². The Morgan fingerprint density at radius 3 is 0.918 bits per heavy atom. The second-order valence-electron chi connectivity index (χ2n) is 28.4. The van der Waals surface area contributed by atoms with Crippen LogP contribution in [0.2, 0.25) is 0 Å². The lowest BCUT2D eigenvalue weighted by molar-refractivity contribution is -0.161. The van der Waals surface area contributed by atoms with Crippen LogP contribution in [0.3, 0.4) is 0 Å². The predicted molar refractivity (Wildman–Crippen MR) is 395 cm³/mol.